The quantitative estimate of drug-likeness (QED) is 0.851. The number of fused-ring (bicyclic) bond motifs is 1. The first-order chi connectivity index (χ1) is 8.36. The van der Waals surface area contributed by atoms with Crippen LogP contribution in [0.15, 0.2) is 18.2 Å². The minimum Gasteiger partial charge on any atom is -0.493 e. The number of benzene rings is 1. The van der Waals surface area contributed by atoms with Crippen molar-refractivity contribution in [1.29, 1.82) is 0 Å². The van der Waals surface area contributed by atoms with Gasteiger partial charge in [0.25, 0.3) is 0 Å². The van der Waals surface area contributed by atoms with Gasteiger partial charge in [-0.1, -0.05) is 18.2 Å². The van der Waals surface area contributed by atoms with Gasteiger partial charge in [-0.25, -0.2) is 0 Å². The monoisotopic (exact) mass is 233 g/mol. The lowest BCUT2D eigenvalue weighted by atomic mass is 9.94. The van der Waals surface area contributed by atoms with Gasteiger partial charge in [-0.3, -0.25) is 0 Å². The van der Waals surface area contributed by atoms with E-state index in [1.165, 1.54) is 5.56 Å². The van der Waals surface area contributed by atoms with Crippen LogP contribution in [-0.2, 0) is 11.2 Å². The second kappa shape index (κ2) is 4.67. The lowest BCUT2D eigenvalue weighted by Crippen LogP contribution is -2.27. The molecule has 0 spiro atoms. The Labute approximate surface area is 102 Å². The van der Waals surface area contributed by atoms with E-state index >= 15 is 0 Å². The summed E-state index contributed by atoms with van der Waals surface area (Å²) >= 11 is 0. The fraction of sp³-hybridized carbons (Fsp3) is 0.571. The largest absolute Gasteiger partial charge is 0.493 e. The maximum atomic E-state index is 6.32. The molecule has 2 aliphatic rings. The number of ether oxygens (including phenoxy) is 2. The van der Waals surface area contributed by atoms with Gasteiger partial charge < -0.3 is 15.2 Å². The molecule has 92 valence electrons. The van der Waals surface area contributed by atoms with E-state index in [-0.39, 0.29) is 12.1 Å². The van der Waals surface area contributed by atoms with Gasteiger partial charge in [-0.05, 0) is 31.2 Å². The third kappa shape index (κ3) is 2.05. The van der Waals surface area contributed by atoms with Gasteiger partial charge in [0.15, 0.2) is 0 Å². The zero-order valence-corrected chi connectivity index (χ0v) is 10.0. The lowest BCUT2D eigenvalue weighted by molar-refractivity contribution is 0.0888. The Hall–Kier alpha value is -1.06. The topological polar surface area (TPSA) is 44.5 Å². The Morgan fingerprint density at radius 2 is 2.18 bits per heavy atom. The van der Waals surface area contributed by atoms with E-state index in [4.69, 9.17) is 15.2 Å². The summed E-state index contributed by atoms with van der Waals surface area (Å²) in [6.07, 6.45) is 4.54. The van der Waals surface area contributed by atoms with Gasteiger partial charge in [0, 0.05) is 12.2 Å². The highest BCUT2D eigenvalue weighted by Crippen LogP contribution is 2.35. The van der Waals surface area contributed by atoms with Gasteiger partial charge in [0.2, 0.25) is 0 Å². The average Bonchev–Trinajstić information content (AvgIpc) is 2.91. The molecule has 17 heavy (non-hydrogen) atoms. The maximum absolute atomic E-state index is 6.32. The Kier molecular flexibility index (Phi) is 3.04. The van der Waals surface area contributed by atoms with Crippen molar-refractivity contribution in [1.82, 2.24) is 0 Å². The first-order valence-corrected chi connectivity index (χ1v) is 6.48. The number of hydrogen-bond acceptors (Lipinski definition) is 3. The van der Waals surface area contributed by atoms with Crippen molar-refractivity contribution in [3.63, 3.8) is 0 Å². The molecule has 3 rings (SSSR count). The van der Waals surface area contributed by atoms with Gasteiger partial charge in [-0.15, -0.1) is 0 Å². The highest BCUT2D eigenvalue weighted by Gasteiger charge is 2.27. The molecule has 3 heteroatoms. The van der Waals surface area contributed by atoms with Crippen LogP contribution in [0.2, 0.25) is 0 Å². The van der Waals surface area contributed by atoms with E-state index in [1.54, 1.807) is 0 Å². The maximum Gasteiger partial charge on any atom is 0.127 e. The predicted molar refractivity (Wildman–Crippen MR) is 66.2 cm³/mol. The number of para-hydroxylation sites is 1. The van der Waals surface area contributed by atoms with Crippen molar-refractivity contribution in [3.05, 3.63) is 29.3 Å². The molecule has 0 saturated carbocycles. The molecule has 1 fully saturated rings. The van der Waals surface area contributed by atoms with Crippen LogP contribution in [0, 0.1) is 0 Å². The minimum atomic E-state index is -0.0504. The SMILES string of the molecule is NC(c1cccc2c1OCCC2)C1CCCO1. The van der Waals surface area contributed by atoms with Crippen LogP contribution in [0.1, 0.15) is 36.4 Å². The van der Waals surface area contributed by atoms with Crippen molar-refractivity contribution in [2.75, 3.05) is 13.2 Å². The Morgan fingerprint density at radius 1 is 1.24 bits per heavy atom. The summed E-state index contributed by atoms with van der Waals surface area (Å²) in [5.74, 6) is 1.02. The number of hydrogen-bond donors (Lipinski definition) is 1. The van der Waals surface area contributed by atoms with Crippen molar-refractivity contribution < 1.29 is 9.47 Å². The highest BCUT2D eigenvalue weighted by molar-refractivity contribution is 5.44. The van der Waals surface area contributed by atoms with E-state index < -0.39 is 0 Å². The molecule has 2 heterocycles. The molecular formula is C14H19NO2. The molecule has 3 nitrogen and oxygen atoms in total. The summed E-state index contributed by atoms with van der Waals surface area (Å²) in [5, 5.41) is 0. The first-order valence-electron chi connectivity index (χ1n) is 6.48. The third-order valence-corrected chi connectivity index (χ3v) is 3.69. The zero-order chi connectivity index (χ0) is 11.7. The van der Waals surface area contributed by atoms with Gasteiger partial charge >= 0.3 is 0 Å². The van der Waals surface area contributed by atoms with Crippen molar-refractivity contribution in [2.24, 2.45) is 5.73 Å². The molecule has 0 aliphatic carbocycles. The summed E-state index contributed by atoms with van der Waals surface area (Å²) in [6, 6.07) is 6.25. The van der Waals surface area contributed by atoms with Crippen LogP contribution in [0.3, 0.4) is 0 Å². The van der Waals surface area contributed by atoms with Gasteiger partial charge in [0.1, 0.15) is 5.75 Å². The average molecular weight is 233 g/mol. The summed E-state index contributed by atoms with van der Waals surface area (Å²) in [6.45, 7) is 1.65. The zero-order valence-electron chi connectivity index (χ0n) is 10.0. The summed E-state index contributed by atoms with van der Waals surface area (Å²) in [4.78, 5) is 0. The second-order valence-electron chi connectivity index (χ2n) is 4.86. The van der Waals surface area contributed by atoms with Crippen LogP contribution in [0.25, 0.3) is 0 Å². The first kappa shape index (κ1) is 11.1. The molecule has 2 unspecified atom stereocenters. The van der Waals surface area contributed by atoms with Gasteiger partial charge in [0.05, 0.1) is 18.8 Å². The molecule has 0 amide bonds. The van der Waals surface area contributed by atoms with Crippen LogP contribution >= 0.6 is 0 Å². The van der Waals surface area contributed by atoms with Crippen LogP contribution in [-0.4, -0.2) is 19.3 Å². The molecule has 1 aromatic carbocycles. The highest BCUT2D eigenvalue weighted by atomic mass is 16.5. The van der Waals surface area contributed by atoms with Crippen molar-refractivity contribution in [3.8, 4) is 5.75 Å². The molecule has 2 N–H and O–H groups in total. The molecule has 0 bridgehead atoms. The molecule has 1 saturated heterocycles. The fourth-order valence-corrected chi connectivity index (χ4v) is 2.76. The summed E-state index contributed by atoms with van der Waals surface area (Å²) in [7, 11) is 0. The number of nitrogens with two attached hydrogens (primary N) is 1. The Morgan fingerprint density at radius 3 is 3.00 bits per heavy atom. The predicted octanol–water partition coefficient (Wildman–Crippen LogP) is 2.19. The third-order valence-electron chi connectivity index (χ3n) is 3.69. The molecule has 1 aromatic rings. The van der Waals surface area contributed by atoms with Crippen molar-refractivity contribution in [2.45, 2.75) is 37.8 Å². The Bertz CT molecular complexity index is 399. The summed E-state index contributed by atoms with van der Waals surface area (Å²) < 4.78 is 11.5. The van der Waals surface area contributed by atoms with E-state index in [9.17, 15) is 0 Å². The number of rotatable bonds is 2. The molecule has 2 aliphatic heterocycles. The molecular weight excluding hydrogens is 214 g/mol. The van der Waals surface area contributed by atoms with Crippen LogP contribution in [0.5, 0.6) is 5.75 Å². The normalized spacial score (nSPS) is 25.1. The van der Waals surface area contributed by atoms with Crippen molar-refractivity contribution >= 4 is 0 Å². The minimum absolute atomic E-state index is 0.0504. The van der Waals surface area contributed by atoms with E-state index in [2.05, 4.69) is 18.2 Å². The number of aryl methyl sites for hydroxylation is 1. The Balaban J connectivity index is 1.91. The summed E-state index contributed by atoms with van der Waals surface area (Å²) in [5.41, 5.74) is 8.73. The molecule has 2 atom stereocenters. The van der Waals surface area contributed by atoms with Gasteiger partial charge in [-0.2, -0.15) is 0 Å². The van der Waals surface area contributed by atoms with Crippen LogP contribution in [0.4, 0.5) is 0 Å². The molecule has 0 radical (unpaired) electrons. The fourth-order valence-electron chi connectivity index (χ4n) is 2.76. The lowest BCUT2D eigenvalue weighted by Gasteiger charge is -2.25. The second-order valence-corrected chi connectivity index (χ2v) is 4.86. The van der Waals surface area contributed by atoms with Crippen LogP contribution < -0.4 is 10.5 Å². The van der Waals surface area contributed by atoms with E-state index in [1.807, 2.05) is 0 Å². The smallest absolute Gasteiger partial charge is 0.127 e. The van der Waals surface area contributed by atoms with E-state index in [0.717, 1.165) is 50.2 Å². The van der Waals surface area contributed by atoms with E-state index in [0.29, 0.717) is 0 Å². The standard InChI is InChI=1S/C14H19NO2/c15-13(12-7-3-8-16-12)11-6-1-4-10-5-2-9-17-14(10)11/h1,4,6,12-13H,2-3,5,7-9,15H2. The molecule has 0 aromatic heterocycles.